The van der Waals surface area contributed by atoms with Gasteiger partial charge in [0.05, 0.1) is 6.10 Å². The molecular formula is C16H14F2N4O2. The van der Waals surface area contributed by atoms with E-state index >= 15 is 0 Å². The molecule has 124 valence electrons. The number of fused-ring (bicyclic) bond motifs is 1. The zero-order chi connectivity index (χ0) is 16.5. The topological polar surface area (TPSA) is 73.1 Å². The summed E-state index contributed by atoms with van der Waals surface area (Å²) in [6.45, 7) is 1.33. The third-order valence-corrected chi connectivity index (χ3v) is 3.93. The van der Waals surface area contributed by atoms with E-state index in [-0.39, 0.29) is 17.4 Å². The second-order valence-electron chi connectivity index (χ2n) is 5.61. The van der Waals surface area contributed by atoms with E-state index in [1.165, 1.54) is 18.5 Å². The van der Waals surface area contributed by atoms with Crippen molar-refractivity contribution in [2.45, 2.75) is 18.9 Å². The van der Waals surface area contributed by atoms with Gasteiger partial charge < -0.3 is 14.6 Å². The molecule has 1 unspecified atom stereocenters. The van der Waals surface area contributed by atoms with E-state index in [1.807, 2.05) is 0 Å². The highest BCUT2D eigenvalue weighted by Crippen LogP contribution is 2.32. The molecular weight excluding hydrogens is 318 g/mol. The van der Waals surface area contributed by atoms with Crippen molar-refractivity contribution >= 4 is 16.9 Å². The Morgan fingerprint density at radius 3 is 2.75 bits per heavy atom. The van der Waals surface area contributed by atoms with Crippen molar-refractivity contribution in [1.82, 2.24) is 15.1 Å². The molecule has 1 saturated heterocycles. The second-order valence-corrected chi connectivity index (χ2v) is 5.61. The van der Waals surface area contributed by atoms with E-state index in [1.54, 1.807) is 0 Å². The van der Waals surface area contributed by atoms with Crippen molar-refractivity contribution in [3.05, 3.63) is 36.2 Å². The van der Waals surface area contributed by atoms with Gasteiger partial charge in [0.15, 0.2) is 0 Å². The van der Waals surface area contributed by atoms with Crippen LogP contribution in [0.15, 0.2) is 29.0 Å². The Balaban J connectivity index is 1.73. The Kier molecular flexibility index (Phi) is 3.81. The summed E-state index contributed by atoms with van der Waals surface area (Å²) in [4.78, 5) is 8.22. The maximum absolute atomic E-state index is 13.5. The van der Waals surface area contributed by atoms with Crippen LogP contribution in [0.25, 0.3) is 22.4 Å². The van der Waals surface area contributed by atoms with Crippen molar-refractivity contribution in [3.63, 3.8) is 0 Å². The first-order chi connectivity index (χ1) is 11.7. The fourth-order valence-corrected chi connectivity index (χ4v) is 2.82. The third-order valence-electron chi connectivity index (χ3n) is 3.93. The van der Waals surface area contributed by atoms with Gasteiger partial charge in [0.2, 0.25) is 0 Å². The van der Waals surface area contributed by atoms with Gasteiger partial charge in [-0.05, 0) is 25.0 Å². The van der Waals surface area contributed by atoms with Crippen LogP contribution in [0.1, 0.15) is 12.8 Å². The van der Waals surface area contributed by atoms with E-state index in [9.17, 15) is 8.78 Å². The predicted molar refractivity (Wildman–Crippen MR) is 82.4 cm³/mol. The van der Waals surface area contributed by atoms with E-state index in [0.29, 0.717) is 23.4 Å². The molecule has 8 heteroatoms. The summed E-state index contributed by atoms with van der Waals surface area (Å²) < 4.78 is 37.8. The smallest absolute Gasteiger partial charge is 0.263 e. The molecule has 0 bridgehead atoms. The number of halogens is 2. The molecule has 1 fully saturated rings. The molecule has 6 nitrogen and oxygen atoms in total. The molecule has 0 aliphatic carbocycles. The van der Waals surface area contributed by atoms with Gasteiger partial charge in [0.25, 0.3) is 5.71 Å². The number of rotatable bonds is 4. The lowest BCUT2D eigenvalue weighted by atomic mass is 10.1. The number of hydrogen-bond acceptors (Lipinski definition) is 6. The molecule has 1 aromatic carbocycles. The number of ether oxygens (including phenoxy) is 1. The summed E-state index contributed by atoms with van der Waals surface area (Å²) in [6.07, 6.45) is 3.48. The summed E-state index contributed by atoms with van der Waals surface area (Å²) in [6, 6.07) is 3.19. The molecule has 2 aromatic heterocycles. The highest BCUT2D eigenvalue weighted by atomic mass is 19.1. The Morgan fingerprint density at radius 1 is 1.17 bits per heavy atom. The normalized spacial score (nSPS) is 17.5. The van der Waals surface area contributed by atoms with Gasteiger partial charge in [-0.3, -0.25) is 0 Å². The number of hydrogen-bond donors (Lipinski definition) is 1. The zero-order valence-corrected chi connectivity index (χ0v) is 12.6. The zero-order valence-electron chi connectivity index (χ0n) is 12.6. The maximum Gasteiger partial charge on any atom is 0.263 e. The quantitative estimate of drug-likeness (QED) is 0.791. The standard InChI is InChI=1S/C16H14F2N4O2/c17-10-4-9(5-11(18)6-10)14-13-15(19-7-12-2-1-3-23-12)20-8-21-16(13)24-22-14/h4-6,8,12H,1-3,7H2,(H,19,20,21). The average molecular weight is 332 g/mol. The molecule has 1 N–H and O–H groups in total. The van der Waals surface area contributed by atoms with Crippen LogP contribution in [-0.2, 0) is 4.74 Å². The van der Waals surface area contributed by atoms with Gasteiger partial charge in [-0.15, -0.1) is 0 Å². The highest BCUT2D eigenvalue weighted by Gasteiger charge is 2.20. The first kappa shape index (κ1) is 14.9. The number of benzene rings is 1. The molecule has 1 atom stereocenters. The van der Waals surface area contributed by atoms with E-state index in [0.717, 1.165) is 25.5 Å². The lowest BCUT2D eigenvalue weighted by Crippen LogP contribution is -2.19. The van der Waals surface area contributed by atoms with Gasteiger partial charge in [-0.1, -0.05) is 5.16 Å². The first-order valence-electron chi connectivity index (χ1n) is 7.63. The molecule has 1 aliphatic rings. The minimum absolute atomic E-state index is 0.116. The van der Waals surface area contributed by atoms with Crippen LogP contribution in [0.5, 0.6) is 0 Å². The minimum Gasteiger partial charge on any atom is -0.376 e. The maximum atomic E-state index is 13.5. The number of nitrogens with one attached hydrogen (secondary N) is 1. The van der Waals surface area contributed by atoms with Gasteiger partial charge in [0.1, 0.15) is 34.9 Å². The van der Waals surface area contributed by atoms with Gasteiger partial charge in [0, 0.05) is 24.8 Å². The monoisotopic (exact) mass is 332 g/mol. The lowest BCUT2D eigenvalue weighted by Gasteiger charge is -2.11. The van der Waals surface area contributed by atoms with E-state index in [4.69, 9.17) is 9.26 Å². The Bertz CT molecular complexity index is 857. The van der Waals surface area contributed by atoms with Gasteiger partial charge in [-0.2, -0.15) is 4.98 Å². The summed E-state index contributed by atoms with van der Waals surface area (Å²) >= 11 is 0. The fraction of sp³-hybridized carbons (Fsp3) is 0.312. The molecule has 4 rings (SSSR count). The molecule has 0 radical (unpaired) electrons. The second kappa shape index (κ2) is 6.12. The number of anilines is 1. The van der Waals surface area contributed by atoms with Crippen molar-refractivity contribution in [2.24, 2.45) is 0 Å². The van der Waals surface area contributed by atoms with Crippen LogP contribution < -0.4 is 5.32 Å². The average Bonchev–Trinajstić information content (AvgIpc) is 3.21. The number of aromatic nitrogens is 3. The van der Waals surface area contributed by atoms with Gasteiger partial charge >= 0.3 is 0 Å². The predicted octanol–water partition coefficient (Wildman–Crippen LogP) is 3.15. The van der Waals surface area contributed by atoms with Crippen molar-refractivity contribution in [2.75, 3.05) is 18.5 Å². The first-order valence-corrected chi connectivity index (χ1v) is 7.63. The van der Waals surface area contributed by atoms with Crippen LogP contribution >= 0.6 is 0 Å². The Labute approximate surface area is 135 Å². The van der Waals surface area contributed by atoms with Gasteiger partial charge in [-0.25, -0.2) is 13.8 Å². The molecule has 0 amide bonds. The largest absolute Gasteiger partial charge is 0.376 e. The van der Waals surface area contributed by atoms with E-state index < -0.39 is 11.6 Å². The summed E-state index contributed by atoms with van der Waals surface area (Å²) in [5, 5.41) is 7.58. The Hall–Kier alpha value is -2.61. The summed E-state index contributed by atoms with van der Waals surface area (Å²) in [5.41, 5.74) is 0.805. The van der Waals surface area contributed by atoms with Crippen LogP contribution in [-0.4, -0.2) is 34.4 Å². The van der Waals surface area contributed by atoms with Crippen LogP contribution in [0.4, 0.5) is 14.6 Å². The van der Waals surface area contributed by atoms with Crippen LogP contribution in [0.2, 0.25) is 0 Å². The van der Waals surface area contributed by atoms with Crippen LogP contribution in [0.3, 0.4) is 0 Å². The molecule has 0 spiro atoms. The van der Waals surface area contributed by atoms with Crippen molar-refractivity contribution in [3.8, 4) is 11.3 Å². The Morgan fingerprint density at radius 2 is 2.00 bits per heavy atom. The minimum atomic E-state index is -0.688. The van der Waals surface area contributed by atoms with Crippen LogP contribution in [0, 0.1) is 11.6 Å². The van der Waals surface area contributed by atoms with Crippen molar-refractivity contribution < 1.29 is 18.0 Å². The molecule has 3 heterocycles. The molecule has 24 heavy (non-hydrogen) atoms. The molecule has 3 aromatic rings. The highest BCUT2D eigenvalue weighted by molar-refractivity contribution is 5.97. The summed E-state index contributed by atoms with van der Waals surface area (Å²) in [5.74, 6) is -0.879. The SMILES string of the molecule is Fc1cc(F)cc(-c2noc3ncnc(NCC4CCCO4)c23)c1. The molecule has 1 aliphatic heterocycles. The fourth-order valence-electron chi connectivity index (χ4n) is 2.82. The number of nitrogens with zero attached hydrogens (tertiary/aromatic N) is 3. The lowest BCUT2D eigenvalue weighted by molar-refractivity contribution is 0.120. The summed E-state index contributed by atoms with van der Waals surface area (Å²) in [7, 11) is 0. The third kappa shape index (κ3) is 2.80. The van der Waals surface area contributed by atoms with E-state index in [2.05, 4.69) is 20.4 Å². The molecule has 0 saturated carbocycles. The van der Waals surface area contributed by atoms with Crippen molar-refractivity contribution in [1.29, 1.82) is 0 Å².